The maximum absolute atomic E-state index is 6.52. The number of hydrogen-bond donors (Lipinski definition) is 1. The molecular formula is C14H16N2S. The van der Waals surface area contributed by atoms with Gasteiger partial charge in [-0.05, 0) is 30.9 Å². The fraction of sp³-hybridized carbons (Fsp3) is 0.357. The highest BCUT2D eigenvalue weighted by atomic mass is 32.1. The minimum Gasteiger partial charge on any atom is -0.324 e. The lowest BCUT2D eigenvalue weighted by Gasteiger charge is -2.22. The Hall–Kier alpha value is -1.19. The van der Waals surface area contributed by atoms with Crippen LogP contribution in [0.4, 0.5) is 0 Å². The van der Waals surface area contributed by atoms with Crippen molar-refractivity contribution >= 4 is 11.3 Å². The van der Waals surface area contributed by atoms with E-state index in [9.17, 15) is 0 Å². The first-order valence-electron chi connectivity index (χ1n) is 5.91. The average molecular weight is 244 g/mol. The molecule has 17 heavy (non-hydrogen) atoms. The molecule has 2 aromatic rings. The Morgan fingerprint density at radius 1 is 1.29 bits per heavy atom. The van der Waals surface area contributed by atoms with Crippen molar-refractivity contribution in [3.8, 4) is 0 Å². The zero-order valence-electron chi connectivity index (χ0n) is 9.94. The molecule has 0 unspecified atom stereocenters. The molecule has 1 aromatic heterocycles. The van der Waals surface area contributed by atoms with Crippen LogP contribution in [0.15, 0.2) is 29.6 Å². The van der Waals surface area contributed by atoms with Crippen molar-refractivity contribution in [2.45, 2.75) is 31.7 Å². The molecule has 2 N–H and O–H groups in total. The van der Waals surface area contributed by atoms with E-state index < -0.39 is 0 Å². The minimum atomic E-state index is -0.135. The van der Waals surface area contributed by atoms with Crippen LogP contribution in [-0.2, 0) is 19.3 Å². The van der Waals surface area contributed by atoms with Crippen molar-refractivity contribution in [1.82, 2.24) is 4.98 Å². The number of hydrogen-bond acceptors (Lipinski definition) is 3. The molecule has 1 aliphatic rings. The molecule has 0 bridgehead atoms. The third-order valence-electron chi connectivity index (χ3n) is 3.40. The fourth-order valence-electron chi connectivity index (χ4n) is 2.70. The van der Waals surface area contributed by atoms with Gasteiger partial charge in [-0.25, -0.2) is 4.98 Å². The summed E-state index contributed by atoms with van der Waals surface area (Å²) < 4.78 is 0. The summed E-state index contributed by atoms with van der Waals surface area (Å²) in [5.74, 6) is 0. The van der Waals surface area contributed by atoms with Gasteiger partial charge in [0.05, 0.1) is 10.7 Å². The number of nitrogens with two attached hydrogens (primary N) is 1. The SMILES string of the molecule is Cc1nc(CC2(N)Cc3ccccc3C2)cs1. The summed E-state index contributed by atoms with van der Waals surface area (Å²) in [5.41, 5.74) is 10.3. The Morgan fingerprint density at radius 2 is 1.94 bits per heavy atom. The molecule has 0 spiro atoms. The second-order valence-corrected chi connectivity index (χ2v) is 6.08. The average Bonchev–Trinajstić information content (AvgIpc) is 2.81. The van der Waals surface area contributed by atoms with E-state index in [1.165, 1.54) is 11.1 Å². The van der Waals surface area contributed by atoms with E-state index in [0.29, 0.717) is 0 Å². The zero-order chi connectivity index (χ0) is 11.9. The standard InChI is InChI=1S/C14H16N2S/c1-10-16-13(9-17-10)8-14(15)6-11-4-2-3-5-12(11)7-14/h2-5,9H,6-8,15H2,1H3. The highest BCUT2D eigenvalue weighted by Crippen LogP contribution is 2.30. The van der Waals surface area contributed by atoms with E-state index in [1.54, 1.807) is 11.3 Å². The van der Waals surface area contributed by atoms with Gasteiger partial charge >= 0.3 is 0 Å². The Morgan fingerprint density at radius 3 is 2.47 bits per heavy atom. The summed E-state index contributed by atoms with van der Waals surface area (Å²) in [4.78, 5) is 4.52. The van der Waals surface area contributed by atoms with Crippen LogP contribution in [0.2, 0.25) is 0 Å². The van der Waals surface area contributed by atoms with Crippen LogP contribution in [0, 0.1) is 6.92 Å². The van der Waals surface area contributed by atoms with E-state index in [2.05, 4.69) is 34.6 Å². The van der Waals surface area contributed by atoms with Gasteiger partial charge in [0.15, 0.2) is 0 Å². The summed E-state index contributed by atoms with van der Waals surface area (Å²) in [6.07, 6.45) is 2.82. The summed E-state index contributed by atoms with van der Waals surface area (Å²) in [6.45, 7) is 2.04. The molecule has 1 aromatic carbocycles. The third kappa shape index (κ3) is 2.13. The Kier molecular flexibility index (Phi) is 2.53. The van der Waals surface area contributed by atoms with E-state index in [1.807, 2.05) is 6.92 Å². The van der Waals surface area contributed by atoms with Crippen molar-refractivity contribution in [3.63, 3.8) is 0 Å². The number of fused-ring (bicyclic) bond motifs is 1. The van der Waals surface area contributed by atoms with Crippen LogP contribution in [0.1, 0.15) is 21.8 Å². The number of thiazole rings is 1. The molecule has 0 atom stereocenters. The Labute approximate surface area is 106 Å². The first-order chi connectivity index (χ1) is 8.15. The molecule has 0 saturated carbocycles. The summed E-state index contributed by atoms with van der Waals surface area (Å²) in [5, 5.41) is 3.26. The Balaban J connectivity index is 1.82. The smallest absolute Gasteiger partial charge is 0.0897 e. The molecule has 0 amide bonds. The van der Waals surface area contributed by atoms with Crippen molar-refractivity contribution in [2.75, 3.05) is 0 Å². The molecule has 0 aliphatic heterocycles. The Bertz CT molecular complexity index is 520. The number of aromatic nitrogens is 1. The lowest BCUT2D eigenvalue weighted by molar-refractivity contribution is 0.442. The normalized spacial score (nSPS) is 17.1. The van der Waals surface area contributed by atoms with Gasteiger partial charge in [0, 0.05) is 17.3 Å². The summed E-state index contributed by atoms with van der Waals surface area (Å²) >= 11 is 1.70. The molecule has 3 heteroatoms. The van der Waals surface area contributed by atoms with Crippen molar-refractivity contribution < 1.29 is 0 Å². The van der Waals surface area contributed by atoms with E-state index >= 15 is 0 Å². The molecule has 1 aliphatic carbocycles. The van der Waals surface area contributed by atoms with Crippen LogP contribution in [-0.4, -0.2) is 10.5 Å². The van der Waals surface area contributed by atoms with Crippen LogP contribution in [0.3, 0.4) is 0 Å². The van der Waals surface area contributed by atoms with Crippen molar-refractivity contribution in [2.24, 2.45) is 5.73 Å². The van der Waals surface area contributed by atoms with Crippen LogP contribution in [0.5, 0.6) is 0 Å². The predicted molar refractivity (Wildman–Crippen MR) is 71.3 cm³/mol. The topological polar surface area (TPSA) is 38.9 Å². The third-order valence-corrected chi connectivity index (χ3v) is 4.23. The molecule has 0 radical (unpaired) electrons. The zero-order valence-corrected chi connectivity index (χ0v) is 10.8. The lowest BCUT2D eigenvalue weighted by Crippen LogP contribution is -2.43. The van der Waals surface area contributed by atoms with Gasteiger partial charge in [-0.1, -0.05) is 24.3 Å². The van der Waals surface area contributed by atoms with Gasteiger partial charge in [-0.3, -0.25) is 0 Å². The molecular weight excluding hydrogens is 228 g/mol. The molecule has 1 heterocycles. The monoisotopic (exact) mass is 244 g/mol. The molecule has 0 saturated heterocycles. The summed E-state index contributed by atoms with van der Waals surface area (Å²) in [6, 6.07) is 8.57. The van der Waals surface area contributed by atoms with Crippen molar-refractivity contribution in [1.29, 1.82) is 0 Å². The van der Waals surface area contributed by atoms with Crippen LogP contribution < -0.4 is 5.73 Å². The quantitative estimate of drug-likeness (QED) is 0.881. The predicted octanol–water partition coefficient (Wildman–Crippen LogP) is 2.49. The largest absolute Gasteiger partial charge is 0.324 e. The maximum Gasteiger partial charge on any atom is 0.0897 e. The van der Waals surface area contributed by atoms with Crippen LogP contribution in [0.25, 0.3) is 0 Å². The molecule has 2 nitrogen and oxygen atoms in total. The molecule has 88 valence electrons. The van der Waals surface area contributed by atoms with Gasteiger partial charge < -0.3 is 5.73 Å². The summed E-state index contributed by atoms with van der Waals surface area (Å²) in [7, 11) is 0. The second kappa shape index (κ2) is 3.93. The van der Waals surface area contributed by atoms with Gasteiger partial charge in [0.2, 0.25) is 0 Å². The number of rotatable bonds is 2. The first-order valence-corrected chi connectivity index (χ1v) is 6.79. The van der Waals surface area contributed by atoms with Gasteiger partial charge in [0.1, 0.15) is 0 Å². The number of benzene rings is 1. The van der Waals surface area contributed by atoms with Crippen molar-refractivity contribution in [3.05, 3.63) is 51.5 Å². The van der Waals surface area contributed by atoms with Crippen LogP contribution >= 0.6 is 11.3 Å². The second-order valence-electron chi connectivity index (χ2n) is 5.02. The van der Waals surface area contributed by atoms with Gasteiger partial charge in [-0.15, -0.1) is 11.3 Å². The van der Waals surface area contributed by atoms with E-state index in [-0.39, 0.29) is 5.54 Å². The van der Waals surface area contributed by atoms with Gasteiger partial charge in [0.25, 0.3) is 0 Å². The van der Waals surface area contributed by atoms with Gasteiger partial charge in [-0.2, -0.15) is 0 Å². The fourth-order valence-corrected chi connectivity index (χ4v) is 3.31. The number of aryl methyl sites for hydroxylation is 1. The minimum absolute atomic E-state index is 0.135. The highest BCUT2D eigenvalue weighted by molar-refractivity contribution is 7.09. The van der Waals surface area contributed by atoms with E-state index in [0.717, 1.165) is 30.0 Å². The lowest BCUT2D eigenvalue weighted by atomic mass is 9.92. The first kappa shape index (κ1) is 10.9. The maximum atomic E-state index is 6.52. The molecule has 3 rings (SSSR count). The highest BCUT2D eigenvalue weighted by Gasteiger charge is 2.33. The van der Waals surface area contributed by atoms with E-state index in [4.69, 9.17) is 5.73 Å². The number of nitrogens with zero attached hydrogens (tertiary/aromatic N) is 1. The molecule has 0 fully saturated rings.